The first-order valence-electron chi connectivity index (χ1n) is 5.22. The van der Waals surface area contributed by atoms with Crippen LogP contribution in [0.4, 0.5) is 4.39 Å². The number of hydrogen-bond donors (Lipinski definition) is 1. The number of rotatable bonds is 3. The van der Waals surface area contributed by atoms with Crippen LogP contribution < -0.4 is 0 Å². The second kappa shape index (κ2) is 4.43. The first-order chi connectivity index (χ1) is 7.54. The molecule has 1 saturated carbocycles. The van der Waals surface area contributed by atoms with Crippen LogP contribution in [0.25, 0.3) is 0 Å². The summed E-state index contributed by atoms with van der Waals surface area (Å²) in [5, 5.41) is 10.2. The largest absolute Gasteiger partial charge is 0.389 e. The highest BCUT2D eigenvalue weighted by molar-refractivity contribution is 9.10. The fourth-order valence-corrected chi connectivity index (χ4v) is 2.54. The van der Waals surface area contributed by atoms with E-state index >= 15 is 0 Å². The second-order valence-corrected chi connectivity index (χ2v) is 5.17. The highest BCUT2D eigenvalue weighted by Gasteiger charge is 2.43. The standard InChI is InChI=1S/C12H14BrFO2/c1-16-9-6-12(15,7-9)5-8-3-2-4-10(14)11(8)13/h2-4,9,15H,5-7H2,1H3. The highest BCUT2D eigenvalue weighted by Crippen LogP contribution is 2.38. The Morgan fingerprint density at radius 2 is 2.25 bits per heavy atom. The number of hydrogen-bond acceptors (Lipinski definition) is 2. The molecule has 88 valence electrons. The number of benzene rings is 1. The van der Waals surface area contributed by atoms with Gasteiger partial charge in [-0.05, 0) is 27.6 Å². The molecular weight excluding hydrogens is 275 g/mol. The number of methoxy groups -OCH3 is 1. The van der Waals surface area contributed by atoms with Gasteiger partial charge in [0, 0.05) is 26.4 Å². The maximum absolute atomic E-state index is 13.3. The lowest BCUT2D eigenvalue weighted by Gasteiger charge is -2.43. The van der Waals surface area contributed by atoms with Crippen LogP contribution in [0.15, 0.2) is 22.7 Å². The molecule has 16 heavy (non-hydrogen) atoms. The fraction of sp³-hybridized carbons (Fsp3) is 0.500. The van der Waals surface area contributed by atoms with Crippen molar-refractivity contribution < 1.29 is 14.2 Å². The predicted molar refractivity (Wildman–Crippen MR) is 62.8 cm³/mol. The predicted octanol–water partition coefficient (Wildman–Crippen LogP) is 2.67. The molecule has 2 rings (SSSR count). The van der Waals surface area contributed by atoms with Gasteiger partial charge in [-0.15, -0.1) is 0 Å². The van der Waals surface area contributed by atoms with Crippen molar-refractivity contribution >= 4 is 15.9 Å². The highest BCUT2D eigenvalue weighted by atomic mass is 79.9. The van der Waals surface area contributed by atoms with Crippen molar-refractivity contribution in [3.63, 3.8) is 0 Å². The molecule has 1 fully saturated rings. The molecule has 0 aliphatic heterocycles. The van der Waals surface area contributed by atoms with Crippen molar-refractivity contribution in [2.75, 3.05) is 7.11 Å². The van der Waals surface area contributed by atoms with Gasteiger partial charge >= 0.3 is 0 Å². The minimum absolute atomic E-state index is 0.136. The Morgan fingerprint density at radius 3 is 2.88 bits per heavy atom. The normalized spacial score (nSPS) is 28.9. The van der Waals surface area contributed by atoms with E-state index in [9.17, 15) is 9.50 Å². The summed E-state index contributed by atoms with van der Waals surface area (Å²) >= 11 is 3.20. The summed E-state index contributed by atoms with van der Waals surface area (Å²) in [4.78, 5) is 0. The van der Waals surface area contributed by atoms with E-state index in [4.69, 9.17) is 4.74 Å². The van der Waals surface area contributed by atoms with Crippen LogP contribution in [-0.4, -0.2) is 23.9 Å². The van der Waals surface area contributed by atoms with Gasteiger partial charge in [-0.2, -0.15) is 0 Å². The van der Waals surface area contributed by atoms with Gasteiger partial charge in [0.05, 0.1) is 16.2 Å². The van der Waals surface area contributed by atoms with Gasteiger partial charge in [-0.3, -0.25) is 0 Å². The van der Waals surface area contributed by atoms with Crippen LogP contribution in [0.1, 0.15) is 18.4 Å². The molecule has 0 heterocycles. The maximum atomic E-state index is 13.3. The van der Waals surface area contributed by atoms with Gasteiger partial charge in [0.25, 0.3) is 0 Å². The number of aliphatic hydroxyl groups is 1. The van der Waals surface area contributed by atoms with Gasteiger partial charge in [0.1, 0.15) is 5.82 Å². The van der Waals surface area contributed by atoms with Crippen molar-refractivity contribution in [1.82, 2.24) is 0 Å². The molecule has 0 bridgehead atoms. The minimum Gasteiger partial charge on any atom is -0.389 e. The van der Waals surface area contributed by atoms with E-state index in [2.05, 4.69) is 15.9 Å². The van der Waals surface area contributed by atoms with Gasteiger partial charge in [-0.1, -0.05) is 12.1 Å². The Kier molecular flexibility index (Phi) is 3.33. The summed E-state index contributed by atoms with van der Waals surface area (Å²) in [7, 11) is 1.64. The Morgan fingerprint density at radius 1 is 1.56 bits per heavy atom. The average molecular weight is 289 g/mol. The van der Waals surface area contributed by atoms with Gasteiger partial charge in [0.2, 0.25) is 0 Å². The molecule has 2 nitrogen and oxygen atoms in total. The Labute approximate surface area is 103 Å². The molecule has 0 spiro atoms. The second-order valence-electron chi connectivity index (χ2n) is 4.38. The Hall–Kier alpha value is -0.450. The molecule has 0 radical (unpaired) electrons. The van der Waals surface area contributed by atoms with Gasteiger partial charge < -0.3 is 9.84 Å². The molecule has 1 aliphatic rings. The molecule has 0 amide bonds. The average Bonchev–Trinajstić information content (AvgIpc) is 2.21. The Balaban J connectivity index is 2.08. The first kappa shape index (κ1) is 12.0. The zero-order valence-corrected chi connectivity index (χ0v) is 10.6. The van der Waals surface area contributed by atoms with Crippen molar-refractivity contribution in [2.24, 2.45) is 0 Å². The van der Waals surface area contributed by atoms with Crippen LogP contribution in [-0.2, 0) is 11.2 Å². The molecule has 0 atom stereocenters. The Bertz CT molecular complexity index is 389. The van der Waals surface area contributed by atoms with Crippen LogP contribution in [0.2, 0.25) is 0 Å². The SMILES string of the molecule is COC1CC(O)(Cc2cccc(F)c2Br)C1. The zero-order chi connectivity index (χ0) is 11.8. The number of halogens is 2. The van der Waals surface area contributed by atoms with Crippen LogP contribution in [0.5, 0.6) is 0 Å². The molecule has 1 aromatic rings. The third-order valence-electron chi connectivity index (χ3n) is 3.10. The monoisotopic (exact) mass is 288 g/mol. The topological polar surface area (TPSA) is 29.5 Å². The van der Waals surface area contributed by atoms with Crippen molar-refractivity contribution in [2.45, 2.75) is 31.0 Å². The third-order valence-corrected chi connectivity index (χ3v) is 3.99. The van der Waals surface area contributed by atoms with E-state index in [-0.39, 0.29) is 11.9 Å². The van der Waals surface area contributed by atoms with Crippen molar-refractivity contribution in [3.8, 4) is 0 Å². The third kappa shape index (κ3) is 2.29. The summed E-state index contributed by atoms with van der Waals surface area (Å²) in [6.45, 7) is 0. The van der Waals surface area contributed by atoms with Gasteiger partial charge in [0.15, 0.2) is 0 Å². The van der Waals surface area contributed by atoms with Crippen LogP contribution in [0.3, 0.4) is 0 Å². The zero-order valence-electron chi connectivity index (χ0n) is 9.04. The summed E-state index contributed by atoms with van der Waals surface area (Å²) in [5.74, 6) is -0.288. The van der Waals surface area contributed by atoms with Crippen LogP contribution in [0, 0.1) is 5.82 Å². The smallest absolute Gasteiger partial charge is 0.137 e. The molecular formula is C12H14BrFO2. The lowest BCUT2D eigenvalue weighted by atomic mass is 9.74. The van der Waals surface area contributed by atoms with Crippen molar-refractivity contribution in [3.05, 3.63) is 34.1 Å². The summed E-state index contributed by atoms with van der Waals surface area (Å²) in [6, 6.07) is 4.88. The fourth-order valence-electron chi connectivity index (χ4n) is 2.14. The van der Waals surface area contributed by atoms with E-state index < -0.39 is 5.60 Å². The van der Waals surface area contributed by atoms with E-state index in [1.807, 2.05) is 6.07 Å². The molecule has 0 aromatic heterocycles. The van der Waals surface area contributed by atoms with E-state index in [0.717, 1.165) is 5.56 Å². The molecule has 0 saturated heterocycles. The van der Waals surface area contributed by atoms with E-state index in [0.29, 0.717) is 23.7 Å². The maximum Gasteiger partial charge on any atom is 0.137 e. The number of ether oxygens (including phenoxy) is 1. The molecule has 1 N–H and O–H groups in total. The molecule has 1 aliphatic carbocycles. The van der Waals surface area contributed by atoms with Crippen molar-refractivity contribution in [1.29, 1.82) is 0 Å². The minimum atomic E-state index is -0.739. The quantitative estimate of drug-likeness (QED) is 0.927. The summed E-state index contributed by atoms with van der Waals surface area (Å²) < 4.78 is 18.8. The van der Waals surface area contributed by atoms with E-state index in [1.165, 1.54) is 6.07 Å². The van der Waals surface area contributed by atoms with E-state index in [1.54, 1.807) is 13.2 Å². The molecule has 4 heteroatoms. The van der Waals surface area contributed by atoms with Crippen LogP contribution >= 0.6 is 15.9 Å². The lowest BCUT2D eigenvalue weighted by molar-refractivity contribution is -0.126. The van der Waals surface area contributed by atoms with Gasteiger partial charge in [-0.25, -0.2) is 4.39 Å². The lowest BCUT2D eigenvalue weighted by Crippen LogP contribution is -2.49. The summed E-state index contributed by atoms with van der Waals surface area (Å²) in [6.07, 6.45) is 1.83. The summed E-state index contributed by atoms with van der Waals surface area (Å²) in [5.41, 5.74) is 0.0637. The first-order valence-corrected chi connectivity index (χ1v) is 6.01. The molecule has 0 unspecified atom stereocenters. The molecule has 1 aromatic carbocycles.